The standard InChI is InChI=1S/C21H21FN2O2/c22-18-8-4-3-6-16(18)13-23-19(25)21(10-11-21)20(26)24-12-9-15-5-1-2-7-17(15)14-24/h1-8H,9-14H2,(H,23,25). The van der Waals surface area contributed by atoms with Gasteiger partial charge in [0.15, 0.2) is 0 Å². The van der Waals surface area contributed by atoms with Crippen LogP contribution in [0.1, 0.15) is 29.5 Å². The van der Waals surface area contributed by atoms with E-state index < -0.39 is 5.41 Å². The van der Waals surface area contributed by atoms with Crippen molar-refractivity contribution in [3.63, 3.8) is 0 Å². The van der Waals surface area contributed by atoms with Gasteiger partial charge in [-0.1, -0.05) is 42.5 Å². The Morgan fingerprint density at radius 3 is 2.46 bits per heavy atom. The normalized spacial score (nSPS) is 17.3. The quantitative estimate of drug-likeness (QED) is 0.861. The molecule has 0 spiro atoms. The summed E-state index contributed by atoms with van der Waals surface area (Å²) in [5.74, 6) is -0.737. The SMILES string of the molecule is O=C(NCc1ccccc1F)C1(C(=O)N2CCc3ccccc3C2)CC1. The molecule has 2 aromatic rings. The first-order valence-electron chi connectivity index (χ1n) is 8.98. The van der Waals surface area contributed by atoms with Gasteiger partial charge in [-0.3, -0.25) is 9.59 Å². The molecule has 1 aliphatic carbocycles. The number of hydrogen-bond acceptors (Lipinski definition) is 2. The van der Waals surface area contributed by atoms with Gasteiger partial charge in [-0.2, -0.15) is 0 Å². The molecule has 0 saturated heterocycles. The number of benzene rings is 2. The molecule has 2 amide bonds. The molecule has 5 heteroatoms. The van der Waals surface area contributed by atoms with E-state index in [1.165, 1.54) is 11.6 Å². The Morgan fingerprint density at radius 2 is 1.73 bits per heavy atom. The van der Waals surface area contributed by atoms with Gasteiger partial charge in [-0.25, -0.2) is 4.39 Å². The number of nitrogens with one attached hydrogen (secondary N) is 1. The van der Waals surface area contributed by atoms with Gasteiger partial charge in [0.2, 0.25) is 11.8 Å². The summed E-state index contributed by atoms with van der Waals surface area (Å²) in [5, 5.41) is 2.76. The van der Waals surface area contributed by atoms with Crippen LogP contribution in [-0.4, -0.2) is 23.3 Å². The molecule has 0 radical (unpaired) electrons. The molecule has 0 atom stereocenters. The number of hydrogen-bond donors (Lipinski definition) is 1. The van der Waals surface area contributed by atoms with Crippen LogP contribution in [0, 0.1) is 11.2 Å². The van der Waals surface area contributed by atoms with E-state index in [0.717, 1.165) is 12.0 Å². The minimum atomic E-state index is -0.961. The zero-order valence-corrected chi connectivity index (χ0v) is 14.5. The van der Waals surface area contributed by atoms with Crippen molar-refractivity contribution in [2.75, 3.05) is 6.54 Å². The predicted octanol–water partition coefficient (Wildman–Crippen LogP) is 2.81. The number of nitrogens with zero attached hydrogens (tertiary/aromatic N) is 1. The fourth-order valence-electron chi connectivity index (χ4n) is 3.62. The highest BCUT2D eigenvalue weighted by Crippen LogP contribution is 2.48. The molecule has 1 heterocycles. The second kappa shape index (κ2) is 6.56. The fourth-order valence-corrected chi connectivity index (χ4v) is 3.62. The minimum Gasteiger partial charge on any atom is -0.351 e. The second-order valence-electron chi connectivity index (χ2n) is 7.10. The van der Waals surface area contributed by atoms with E-state index in [1.807, 2.05) is 18.2 Å². The average molecular weight is 352 g/mol. The molecule has 2 aliphatic rings. The summed E-state index contributed by atoms with van der Waals surface area (Å²) in [6.07, 6.45) is 1.94. The Morgan fingerprint density at radius 1 is 1.04 bits per heavy atom. The topological polar surface area (TPSA) is 49.4 Å². The maximum atomic E-state index is 13.7. The summed E-state index contributed by atoms with van der Waals surface area (Å²) in [5.41, 5.74) is 1.88. The van der Waals surface area contributed by atoms with E-state index in [4.69, 9.17) is 0 Å². The van der Waals surface area contributed by atoms with E-state index in [0.29, 0.717) is 31.5 Å². The van der Waals surface area contributed by atoms with E-state index in [1.54, 1.807) is 23.1 Å². The van der Waals surface area contributed by atoms with Crippen molar-refractivity contribution in [3.05, 3.63) is 71.0 Å². The number of rotatable bonds is 4. The van der Waals surface area contributed by atoms with Gasteiger partial charge >= 0.3 is 0 Å². The van der Waals surface area contributed by atoms with Crippen molar-refractivity contribution >= 4 is 11.8 Å². The molecule has 0 unspecified atom stereocenters. The van der Waals surface area contributed by atoms with Crippen LogP contribution in [0.4, 0.5) is 4.39 Å². The van der Waals surface area contributed by atoms with Crippen molar-refractivity contribution in [3.8, 4) is 0 Å². The number of carbonyl (C=O) groups is 2. The van der Waals surface area contributed by atoms with Crippen LogP contribution in [-0.2, 0) is 29.1 Å². The molecule has 134 valence electrons. The largest absolute Gasteiger partial charge is 0.351 e. The predicted molar refractivity (Wildman–Crippen MR) is 95.5 cm³/mol. The zero-order valence-electron chi connectivity index (χ0n) is 14.5. The molecule has 1 fully saturated rings. The highest BCUT2D eigenvalue weighted by atomic mass is 19.1. The second-order valence-corrected chi connectivity index (χ2v) is 7.10. The van der Waals surface area contributed by atoms with Crippen LogP contribution in [0.15, 0.2) is 48.5 Å². The van der Waals surface area contributed by atoms with Crippen molar-refractivity contribution in [1.82, 2.24) is 10.2 Å². The Labute approximate surface area is 152 Å². The van der Waals surface area contributed by atoms with E-state index in [9.17, 15) is 14.0 Å². The van der Waals surface area contributed by atoms with E-state index in [2.05, 4.69) is 11.4 Å². The maximum absolute atomic E-state index is 13.7. The first-order chi connectivity index (χ1) is 12.6. The Balaban J connectivity index is 1.43. The number of halogens is 1. The molecule has 26 heavy (non-hydrogen) atoms. The third-order valence-electron chi connectivity index (χ3n) is 5.41. The van der Waals surface area contributed by atoms with E-state index >= 15 is 0 Å². The van der Waals surface area contributed by atoms with E-state index in [-0.39, 0.29) is 24.2 Å². The van der Waals surface area contributed by atoms with Crippen molar-refractivity contribution in [2.24, 2.45) is 5.41 Å². The van der Waals surface area contributed by atoms with Crippen LogP contribution in [0.2, 0.25) is 0 Å². The summed E-state index contributed by atoms with van der Waals surface area (Å²) in [4.78, 5) is 27.5. The molecule has 0 bridgehead atoms. The van der Waals surface area contributed by atoms with Crippen LogP contribution in [0.3, 0.4) is 0 Å². The highest BCUT2D eigenvalue weighted by molar-refractivity contribution is 6.07. The van der Waals surface area contributed by atoms with Gasteiger partial charge in [0.05, 0.1) is 0 Å². The Bertz CT molecular complexity index is 861. The number of amides is 2. The lowest BCUT2D eigenvalue weighted by Crippen LogP contribution is -2.46. The monoisotopic (exact) mass is 352 g/mol. The molecule has 1 N–H and O–H groups in total. The zero-order chi connectivity index (χ0) is 18.1. The third-order valence-corrected chi connectivity index (χ3v) is 5.41. The summed E-state index contributed by atoms with van der Waals surface area (Å²) >= 11 is 0. The van der Waals surface area contributed by atoms with Gasteiger partial charge in [0.1, 0.15) is 11.2 Å². The molecule has 2 aromatic carbocycles. The summed E-state index contributed by atoms with van der Waals surface area (Å²) < 4.78 is 13.7. The number of fused-ring (bicyclic) bond motifs is 1. The lowest BCUT2D eigenvalue weighted by Gasteiger charge is -2.31. The molecule has 4 rings (SSSR count). The van der Waals surface area contributed by atoms with Crippen molar-refractivity contribution < 1.29 is 14.0 Å². The fraction of sp³-hybridized carbons (Fsp3) is 0.333. The molecule has 4 nitrogen and oxygen atoms in total. The van der Waals surface area contributed by atoms with Crippen LogP contribution in [0.5, 0.6) is 0 Å². The smallest absolute Gasteiger partial charge is 0.238 e. The van der Waals surface area contributed by atoms with Gasteiger partial charge in [0.25, 0.3) is 0 Å². The van der Waals surface area contributed by atoms with Crippen molar-refractivity contribution in [1.29, 1.82) is 0 Å². The molecular weight excluding hydrogens is 331 g/mol. The van der Waals surface area contributed by atoms with Crippen molar-refractivity contribution in [2.45, 2.75) is 32.4 Å². The van der Waals surface area contributed by atoms with Gasteiger partial charge in [-0.05, 0) is 36.5 Å². The maximum Gasteiger partial charge on any atom is 0.238 e. The Kier molecular flexibility index (Phi) is 4.23. The molecule has 1 aliphatic heterocycles. The minimum absolute atomic E-state index is 0.0990. The highest BCUT2D eigenvalue weighted by Gasteiger charge is 2.58. The lowest BCUT2D eigenvalue weighted by molar-refractivity contribution is -0.145. The van der Waals surface area contributed by atoms with Crippen LogP contribution < -0.4 is 5.32 Å². The third kappa shape index (κ3) is 2.98. The average Bonchev–Trinajstić information content (AvgIpc) is 3.48. The molecular formula is C21H21FN2O2. The summed E-state index contributed by atoms with van der Waals surface area (Å²) in [6.45, 7) is 1.29. The summed E-state index contributed by atoms with van der Waals surface area (Å²) in [6, 6.07) is 14.4. The van der Waals surface area contributed by atoms with Crippen LogP contribution >= 0.6 is 0 Å². The molecule has 0 aromatic heterocycles. The summed E-state index contributed by atoms with van der Waals surface area (Å²) in [7, 11) is 0. The first kappa shape index (κ1) is 16.8. The number of carbonyl (C=O) groups excluding carboxylic acids is 2. The molecule has 1 saturated carbocycles. The Hall–Kier alpha value is -2.69. The van der Waals surface area contributed by atoms with Gasteiger partial charge in [-0.15, -0.1) is 0 Å². The first-order valence-corrected chi connectivity index (χ1v) is 8.98. The van der Waals surface area contributed by atoms with Crippen LogP contribution in [0.25, 0.3) is 0 Å². The van der Waals surface area contributed by atoms with Gasteiger partial charge < -0.3 is 10.2 Å². The lowest BCUT2D eigenvalue weighted by atomic mass is 9.97. The van der Waals surface area contributed by atoms with Gasteiger partial charge in [0, 0.05) is 25.2 Å².